The molecule has 0 atom stereocenters. The number of hydrogen-bond acceptors (Lipinski definition) is 2. The van der Waals surface area contributed by atoms with E-state index in [1.165, 1.54) is 31.2 Å². The van der Waals surface area contributed by atoms with Crippen molar-refractivity contribution in [3.05, 3.63) is 27.7 Å². The minimum atomic E-state index is -0.769. The van der Waals surface area contributed by atoms with Crippen molar-refractivity contribution < 1.29 is 14.6 Å². The van der Waals surface area contributed by atoms with E-state index in [1.807, 2.05) is 19.9 Å². The third-order valence-electron chi connectivity index (χ3n) is 4.45. The zero-order valence-electron chi connectivity index (χ0n) is 12.9. The minimum absolute atomic E-state index is 0.121. The van der Waals surface area contributed by atoms with Crippen LogP contribution >= 0.6 is 15.9 Å². The van der Waals surface area contributed by atoms with Crippen LogP contribution in [0.15, 0.2) is 16.6 Å². The first kappa shape index (κ1) is 16.3. The van der Waals surface area contributed by atoms with Crippen LogP contribution in [-0.2, 0) is 10.2 Å². The second-order valence-corrected chi connectivity index (χ2v) is 7.37. The highest BCUT2D eigenvalue weighted by Gasteiger charge is 2.29. The Morgan fingerprint density at radius 2 is 2.00 bits per heavy atom. The summed E-state index contributed by atoms with van der Waals surface area (Å²) < 4.78 is 6.49. The molecule has 0 spiro atoms. The van der Waals surface area contributed by atoms with Crippen LogP contribution in [0.1, 0.15) is 63.0 Å². The number of methoxy groups -OCH3 is 1. The number of hydrogen-bond donors (Lipinski definition) is 1. The van der Waals surface area contributed by atoms with Gasteiger partial charge in [0, 0.05) is 5.41 Å². The predicted molar refractivity (Wildman–Crippen MR) is 87.2 cm³/mol. The van der Waals surface area contributed by atoms with Gasteiger partial charge in [-0.05, 0) is 51.9 Å². The van der Waals surface area contributed by atoms with E-state index in [0.717, 1.165) is 15.8 Å². The molecule has 2 rings (SSSR count). The number of carboxylic acids is 1. The Balaban J connectivity index is 2.46. The summed E-state index contributed by atoms with van der Waals surface area (Å²) in [6, 6.07) is 4.16. The zero-order chi connectivity index (χ0) is 15.6. The molecule has 0 heterocycles. The third-order valence-corrected chi connectivity index (χ3v) is 5.04. The van der Waals surface area contributed by atoms with Crippen LogP contribution in [0, 0.1) is 0 Å². The summed E-state index contributed by atoms with van der Waals surface area (Å²) in [5.74, 6) is 0.656. The molecule has 1 saturated carbocycles. The lowest BCUT2D eigenvalue weighted by atomic mass is 9.79. The lowest BCUT2D eigenvalue weighted by Crippen LogP contribution is -2.22. The molecule has 1 aliphatic rings. The number of rotatable bonds is 5. The first-order chi connectivity index (χ1) is 9.85. The van der Waals surface area contributed by atoms with Crippen molar-refractivity contribution in [1.29, 1.82) is 0 Å². The maximum atomic E-state index is 11.1. The van der Waals surface area contributed by atoms with Crippen molar-refractivity contribution in [2.45, 2.75) is 57.3 Å². The summed E-state index contributed by atoms with van der Waals surface area (Å²) >= 11 is 3.59. The summed E-state index contributed by atoms with van der Waals surface area (Å²) in [6.45, 7) is 3.96. The molecule has 0 bridgehead atoms. The lowest BCUT2D eigenvalue weighted by molar-refractivity contribution is -0.138. The van der Waals surface area contributed by atoms with E-state index in [1.54, 1.807) is 7.11 Å². The minimum Gasteiger partial charge on any atom is -0.495 e. The lowest BCUT2D eigenvalue weighted by Gasteiger charge is -2.26. The molecule has 1 N–H and O–H groups in total. The largest absolute Gasteiger partial charge is 0.495 e. The molecule has 0 amide bonds. The van der Waals surface area contributed by atoms with Gasteiger partial charge in [0.25, 0.3) is 0 Å². The monoisotopic (exact) mass is 354 g/mol. The summed E-state index contributed by atoms with van der Waals surface area (Å²) in [7, 11) is 1.70. The van der Waals surface area contributed by atoms with Gasteiger partial charge in [0.15, 0.2) is 0 Å². The van der Waals surface area contributed by atoms with Crippen LogP contribution in [0.5, 0.6) is 5.75 Å². The fourth-order valence-electron chi connectivity index (χ4n) is 3.24. The van der Waals surface area contributed by atoms with Gasteiger partial charge in [0.05, 0.1) is 18.0 Å². The molecule has 0 aromatic heterocycles. The molecule has 21 heavy (non-hydrogen) atoms. The molecule has 1 fully saturated rings. The van der Waals surface area contributed by atoms with Gasteiger partial charge in [0.2, 0.25) is 0 Å². The van der Waals surface area contributed by atoms with Crippen LogP contribution in [-0.4, -0.2) is 18.2 Å². The Morgan fingerprint density at radius 3 is 2.52 bits per heavy atom. The molecule has 0 unspecified atom stereocenters. The third kappa shape index (κ3) is 3.60. The van der Waals surface area contributed by atoms with E-state index >= 15 is 0 Å². The number of ether oxygens (including phenoxy) is 1. The summed E-state index contributed by atoms with van der Waals surface area (Å²) in [5, 5.41) is 9.12. The number of benzene rings is 1. The van der Waals surface area contributed by atoms with E-state index in [-0.39, 0.29) is 6.42 Å². The predicted octanol–water partition coefficient (Wildman–Crippen LogP) is 4.87. The molecule has 0 saturated heterocycles. The van der Waals surface area contributed by atoms with Crippen molar-refractivity contribution in [3.8, 4) is 5.75 Å². The fraction of sp³-hybridized carbons (Fsp3) is 0.588. The van der Waals surface area contributed by atoms with Crippen LogP contribution in [0.2, 0.25) is 0 Å². The molecule has 116 valence electrons. The Bertz CT molecular complexity index is 531. The first-order valence-corrected chi connectivity index (χ1v) is 8.24. The van der Waals surface area contributed by atoms with Gasteiger partial charge in [-0.3, -0.25) is 4.79 Å². The van der Waals surface area contributed by atoms with Crippen LogP contribution in [0.4, 0.5) is 0 Å². The average Bonchev–Trinajstić information content (AvgIpc) is 2.89. The topological polar surface area (TPSA) is 46.5 Å². The molecular weight excluding hydrogens is 332 g/mol. The number of aliphatic carboxylic acids is 1. The SMILES string of the molecule is COc1c(Br)cc(C(C)(C)CC(=O)O)cc1C1CCCC1. The molecule has 0 radical (unpaired) electrons. The summed E-state index contributed by atoms with van der Waals surface area (Å²) in [4.78, 5) is 11.1. The Hall–Kier alpha value is -1.03. The second kappa shape index (κ2) is 6.39. The first-order valence-electron chi connectivity index (χ1n) is 7.45. The van der Waals surface area contributed by atoms with E-state index in [0.29, 0.717) is 5.92 Å². The van der Waals surface area contributed by atoms with E-state index in [4.69, 9.17) is 9.84 Å². The van der Waals surface area contributed by atoms with Gasteiger partial charge in [0.1, 0.15) is 5.75 Å². The van der Waals surface area contributed by atoms with Gasteiger partial charge < -0.3 is 9.84 Å². The number of halogens is 1. The molecule has 0 aliphatic heterocycles. The van der Waals surface area contributed by atoms with Gasteiger partial charge in [-0.2, -0.15) is 0 Å². The van der Waals surface area contributed by atoms with Gasteiger partial charge in [-0.25, -0.2) is 0 Å². The molecule has 4 heteroatoms. The van der Waals surface area contributed by atoms with Crippen molar-refractivity contribution >= 4 is 21.9 Å². The maximum Gasteiger partial charge on any atom is 0.304 e. The van der Waals surface area contributed by atoms with Crippen molar-refractivity contribution in [3.63, 3.8) is 0 Å². The second-order valence-electron chi connectivity index (χ2n) is 6.52. The van der Waals surface area contributed by atoms with Crippen LogP contribution < -0.4 is 4.74 Å². The quantitative estimate of drug-likeness (QED) is 0.820. The molecular formula is C17H23BrO3. The Labute approximate surface area is 134 Å². The van der Waals surface area contributed by atoms with Crippen molar-refractivity contribution in [2.75, 3.05) is 7.11 Å². The highest BCUT2D eigenvalue weighted by atomic mass is 79.9. The maximum absolute atomic E-state index is 11.1. The highest BCUT2D eigenvalue weighted by molar-refractivity contribution is 9.10. The molecule has 1 aliphatic carbocycles. The number of carbonyl (C=O) groups is 1. The number of carboxylic acid groups (broad SMARTS) is 1. The van der Waals surface area contributed by atoms with Crippen molar-refractivity contribution in [2.24, 2.45) is 0 Å². The Morgan fingerprint density at radius 1 is 1.38 bits per heavy atom. The molecule has 3 nitrogen and oxygen atoms in total. The van der Waals surface area contributed by atoms with E-state index in [2.05, 4.69) is 22.0 Å². The van der Waals surface area contributed by atoms with E-state index < -0.39 is 11.4 Å². The van der Waals surface area contributed by atoms with Crippen LogP contribution in [0.3, 0.4) is 0 Å². The van der Waals surface area contributed by atoms with Crippen molar-refractivity contribution in [1.82, 2.24) is 0 Å². The van der Waals surface area contributed by atoms with Gasteiger partial charge in [-0.15, -0.1) is 0 Å². The normalized spacial score (nSPS) is 16.2. The summed E-state index contributed by atoms with van der Waals surface area (Å²) in [6.07, 6.45) is 5.01. The van der Waals surface area contributed by atoms with Gasteiger partial charge >= 0.3 is 5.97 Å². The fourth-order valence-corrected chi connectivity index (χ4v) is 3.88. The van der Waals surface area contributed by atoms with Gasteiger partial charge in [-0.1, -0.05) is 32.8 Å². The zero-order valence-corrected chi connectivity index (χ0v) is 14.5. The standard InChI is InChI=1S/C17H23BrO3/c1-17(2,10-15(19)20)12-8-13(11-6-4-5-7-11)16(21-3)14(18)9-12/h8-9,11H,4-7,10H2,1-3H3,(H,19,20). The smallest absolute Gasteiger partial charge is 0.304 e. The van der Waals surface area contributed by atoms with Crippen LogP contribution in [0.25, 0.3) is 0 Å². The highest BCUT2D eigenvalue weighted by Crippen LogP contribution is 2.44. The Kier molecular flexibility index (Phi) is 4.97. The van der Waals surface area contributed by atoms with E-state index in [9.17, 15) is 4.79 Å². The summed E-state index contributed by atoms with van der Waals surface area (Å²) in [5.41, 5.74) is 1.88. The molecule has 1 aromatic rings. The average molecular weight is 355 g/mol. The molecule has 1 aromatic carbocycles.